The first-order valence-corrected chi connectivity index (χ1v) is 10.8. The van der Waals surface area contributed by atoms with E-state index in [4.69, 9.17) is 0 Å². The third-order valence-corrected chi connectivity index (χ3v) is 6.13. The highest BCUT2D eigenvalue weighted by Crippen LogP contribution is 2.25. The second-order valence-electron chi connectivity index (χ2n) is 7.28. The molecule has 0 radical (unpaired) electrons. The molecular formula is C22H21F2N5O2S. The van der Waals surface area contributed by atoms with Crippen LogP contribution in [0.25, 0.3) is 0 Å². The minimum atomic E-state index is -0.530. The van der Waals surface area contributed by atoms with Crippen LogP contribution in [0.2, 0.25) is 0 Å². The van der Waals surface area contributed by atoms with Gasteiger partial charge >= 0.3 is 6.03 Å². The van der Waals surface area contributed by atoms with Crippen LogP contribution in [0.4, 0.5) is 30.1 Å². The lowest BCUT2D eigenvalue weighted by Gasteiger charge is -2.36. The normalized spacial score (nSPS) is 13.7. The van der Waals surface area contributed by atoms with E-state index in [1.165, 1.54) is 36.4 Å². The third-order valence-electron chi connectivity index (χ3n) is 5.07. The molecule has 3 amide bonds. The monoisotopic (exact) mass is 457 g/mol. The van der Waals surface area contributed by atoms with Crippen molar-refractivity contribution in [2.75, 3.05) is 41.7 Å². The number of carbonyl (C=O) groups excluding carboxylic acids is 2. The van der Waals surface area contributed by atoms with Gasteiger partial charge in [0, 0.05) is 37.6 Å². The van der Waals surface area contributed by atoms with Gasteiger partial charge in [0.25, 0.3) is 5.91 Å². The summed E-state index contributed by atoms with van der Waals surface area (Å²) in [4.78, 5) is 33.8. The van der Waals surface area contributed by atoms with Crippen LogP contribution < -0.4 is 15.5 Å². The Morgan fingerprint density at radius 2 is 1.50 bits per heavy atom. The van der Waals surface area contributed by atoms with Gasteiger partial charge in [-0.1, -0.05) is 11.3 Å². The first-order valence-electron chi connectivity index (χ1n) is 10.00. The molecule has 2 aromatic carbocycles. The number of piperazine rings is 1. The number of halogens is 2. The van der Waals surface area contributed by atoms with Crippen LogP contribution in [0.1, 0.15) is 15.4 Å². The number of nitrogens with zero attached hydrogens (tertiary/aromatic N) is 3. The molecule has 1 aliphatic heterocycles. The minimum Gasteiger partial charge on any atom is -0.368 e. The Hall–Kier alpha value is -3.53. The van der Waals surface area contributed by atoms with Crippen molar-refractivity contribution >= 4 is 39.8 Å². The summed E-state index contributed by atoms with van der Waals surface area (Å²) >= 11 is 1.11. The molecule has 0 bridgehead atoms. The number of benzene rings is 2. The lowest BCUT2D eigenvalue weighted by Crippen LogP contribution is -2.48. The van der Waals surface area contributed by atoms with Gasteiger partial charge in [-0.3, -0.25) is 10.1 Å². The Balaban J connectivity index is 1.35. The van der Waals surface area contributed by atoms with Crippen molar-refractivity contribution in [1.29, 1.82) is 0 Å². The molecule has 3 aromatic rings. The first-order chi connectivity index (χ1) is 15.4. The summed E-state index contributed by atoms with van der Waals surface area (Å²) in [5.74, 6) is -0.807. The van der Waals surface area contributed by atoms with Crippen molar-refractivity contribution in [2.24, 2.45) is 0 Å². The maximum Gasteiger partial charge on any atom is 0.325 e. The van der Waals surface area contributed by atoms with Gasteiger partial charge in [-0.2, -0.15) is 0 Å². The fraction of sp³-hybridized carbons (Fsp3) is 0.227. The van der Waals surface area contributed by atoms with Crippen LogP contribution in [0, 0.1) is 18.6 Å². The average Bonchev–Trinajstić information content (AvgIpc) is 3.15. The van der Waals surface area contributed by atoms with Gasteiger partial charge in [-0.25, -0.2) is 18.6 Å². The first kappa shape index (κ1) is 21.7. The summed E-state index contributed by atoms with van der Waals surface area (Å²) in [6.45, 7) is 4.06. The molecule has 0 unspecified atom stereocenters. The number of aromatic nitrogens is 1. The van der Waals surface area contributed by atoms with Crippen LogP contribution in [-0.4, -0.2) is 48.0 Å². The van der Waals surface area contributed by atoms with E-state index >= 15 is 0 Å². The molecule has 10 heteroatoms. The number of thiazole rings is 1. The zero-order chi connectivity index (χ0) is 22.7. The summed E-state index contributed by atoms with van der Waals surface area (Å²) in [5.41, 5.74) is 1.90. The molecule has 0 saturated carbocycles. The molecular weight excluding hydrogens is 436 g/mol. The molecule has 166 valence electrons. The Morgan fingerprint density at radius 3 is 2.12 bits per heavy atom. The predicted octanol–water partition coefficient (Wildman–Crippen LogP) is 4.34. The SMILES string of the molecule is Cc1nc(NC(=O)Nc2ccc(F)cc2)sc1C(=O)N1CCN(c2ccc(F)cc2)CC1. The molecule has 7 nitrogen and oxygen atoms in total. The zero-order valence-corrected chi connectivity index (χ0v) is 18.1. The molecule has 0 atom stereocenters. The maximum atomic E-state index is 13.1. The predicted molar refractivity (Wildman–Crippen MR) is 120 cm³/mol. The van der Waals surface area contributed by atoms with Crippen molar-refractivity contribution < 1.29 is 18.4 Å². The fourth-order valence-corrected chi connectivity index (χ4v) is 4.33. The van der Waals surface area contributed by atoms with Crippen LogP contribution in [-0.2, 0) is 0 Å². The van der Waals surface area contributed by atoms with E-state index in [1.54, 1.807) is 24.0 Å². The molecule has 1 aliphatic rings. The van der Waals surface area contributed by atoms with E-state index in [9.17, 15) is 18.4 Å². The number of hydrogen-bond donors (Lipinski definition) is 2. The van der Waals surface area contributed by atoms with Crippen molar-refractivity contribution in [3.05, 3.63) is 70.7 Å². The Kier molecular flexibility index (Phi) is 6.31. The van der Waals surface area contributed by atoms with Gasteiger partial charge in [-0.15, -0.1) is 0 Å². The number of anilines is 3. The topological polar surface area (TPSA) is 77.6 Å². The quantitative estimate of drug-likeness (QED) is 0.611. The lowest BCUT2D eigenvalue weighted by atomic mass is 10.2. The Morgan fingerprint density at radius 1 is 0.906 bits per heavy atom. The molecule has 0 aliphatic carbocycles. The van der Waals surface area contributed by atoms with E-state index in [1.807, 2.05) is 0 Å². The highest BCUT2D eigenvalue weighted by molar-refractivity contribution is 7.17. The Bertz CT molecular complexity index is 1110. The molecule has 1 saturated heterocycles. The van der Waals surface area contributed by atoms with E-state index in [0.29, 0.717) is 47.6 Å². The van der Waals surface area contributed by atoms with Crippen molar-refractivity contribution in [3.8, 4) is 0 Å². The van der Waals surface area contributed by atoms with Crippen LogP contribution in [0.15, 0.2) is 48.5 Å². The number of aryl methyl sites for hydroxylation is 1. The van der Waals surface area contributed by atoms with Gasteiger partial charge in [0.05, 0.1) is 5.69 Å². The van der Waals surface area contributed by atoms with E-state index in [2.05, 4.69) is 20.5 Å². The second kappa shape index (κ2) is 9.31. The highest BCUT2D eigenvalue weighted by atomic mass is 32.1. The highest BCUT2D eigenvalue weighted by Gasteiger charge is 2.26. The van der Waals surface area contributed by atoms with Gasteiger partial charge in [0.1, 0.15) is 16.5 Å². The number of hydrogen-bond acceptors (Lipinski definition) is 5. The van der Waals surface area contributed by atoms with Crippen LogP contribution >= 0.6 is 11.3 Å². The maximum absolute atomic E-state index is 13.1. The summed E-state index contributed by atoms with van der Waals surface area (Å²) in [6.07, 6.45) is 0. The number of rotatable bonds is 4. The average molecular weight is 458 g/mol. The van der Waals surface area contributed by atoms with E-state index < -0.39 is 11.8 Å². The zero-order valence-electron chi connectivity index (χ0n) is 17.3. The van der Waals surface area contributed by atoms with Crippen molar-refractivity contribution in [3.63, 3.8) is 0 Å². The molecule has 2 heterocycles. The van der Waals surface area contributed by atoms with E-state index in [0.717, 1.165) is 17.0 Å². The van der Waals surface area contributed by atoms with Crippen LogP contribution in [0.5, 0.6) is 0 Å². The Labute approximate surface area is 187 Å². The molecule has 2 N–H and O–H groups in total. The number of nitrogens with one attached hydrogen (secondary N) is 2. The largest absolute Gasteiger partial charge is 0.368 e. The molecule has 0 spiro atoms. The van der Waals surface area contributed by atoms with Gasteiger partial charge in [-0.05, 0) is 55.5 Å². The molecule has 1 fully saturated rings. The summed E-state index contributed by atoms with van der Waals surface area (Å²) in [5, 5.41) is 5.50. The smallest absolute Gasteiger partial charge is 0.325 e. The molecule has 32 heavy (non-hydrogen) atoms. The van der Waals surface area contributed by atoms with Gasteiger partial charge < -0.3 is 15.1 Å². The second-order valence-corrected chi connectivity index (χ2v) is 8.27. The summed E-state index contributed by atoms with van der Waals surface area (Å²) in [7, 11) is 0. The van der Waals surface area contributed by atoms with E-state index in [-0.39, 0.29) is 11.7 Å². The fourth-order valence-electron chi connectivity index (χ4n) is 3.40. The van der Waals surface area contributed by atoms with Crippen LogP contribution in [0.3, 0.4) is 0 Å². The van der Waals surface area contributed by atoms with Gasteiger partial charge in [0.15, 0.2) is 5.13 Å². The number of carbonyl (C=O) groups is 2. The van der Waals surface area contributed by atoms with Gasteiger partial charge in [0.2, 0.25) is 0 Å². The molecule has 1 aromatic heterocycles. The number of urea groups is 1. The third kappa shape index (κ3) is 5.02. The number of amides is 3. The van der Waals surface area contributed by atoms with Crippen molar-refractivity contribution in [1.82, 2.24) is 9.88 Å². The van der Waals surface area contributed by atoms with Crippen molar-refractivity contribution in [2.45, 2.75) is 6.92 Å². The minimum absolute atomic E-state index is 0.134. The molecule has 4 rings (SSSR count). The summed E-state index contributed by atoms with van der Waals surface area (Å²) < 4.78 is 26.1. The summed E-state index contributed by atoms with van der Waals surface area (Å²) in [6, 6.07) is 11.2. The lowest BCUT2D eigenvalue weighted by molar-refractivity contribution is 0.0750. The standard InChI is InChI=1S/C22H21F2N5O2S/c1-14-19(32-22(25-14)27-21(31)26-17-6-2-15(23)3-7-17)20(30)29-12-10-28(11-13-29)18-8-4-16(24)5-9-18/h2-9H,10-13H2,1H3,(H2,25,26,27,31).